The number of amides is 1. The third-order valence-electron chi connectivity index (χ3n) is 2.85. The van der Waals surface area contributed by atoms with Crippen molar-refractivity contribution in [2.45, 2.75) is 6.54 Å². The molecule has 1 amide bonds. The molecule has 3 rings (SSSR count). The number of hydrogen-bond acceptors (Lipinski definition) is 4. The van der Waals surface area contributed by atoms with Crippen LogP contribution in [-0.2, 0) is 6.54 Å². The van der Waals surface area contributed by atoms with Gasteiger partial charge in [0.2, 0.25) is 0 Å². The molecule has 0 aliphatic carbocycles. The van der Waals surface area contributed by atoms with Crippen LogP contribution in [0, 0.1) is 0 Å². The van der Waals surface area contributed by atoms with Crippen molar-refractivity contribution in [1.29, 1.82) is 0 Å². The summed E-state index contributed by atoms with van der Waals surface area (Å²) in [5, 5.41) is 2.64. The molecule has 0 fully saturated rings. The fourth-order valence-corrected chi connectivity index (χ4v) is 1.83. The molecular weight excluding hydrogens is 258 g/mol. The maximum atomic E-state index is 12.2. The second kappa shape index (κ2) is 4.96. The highest BCUT2D eigenvalue weighted by molar-refractivity contribution is 5.93. The average Bonchev–Trinajstić information content (AvgIpc) is 2.99. The summed E-state index contributed by atoms with van der Waals surface area (Å²) in [5.41, 5.74) is 0.876. The number of nitrogens with zero attached hydrogens (tertiary/aromatic N) is 3. The predicted molar refractivity (Wildman–Crippen MR) is 71.2 cm³/mol. The molecular formula is C13H11N5O2. The van der Waals surface area contributed by atoms with Crippen LogP contribution >= 0.6 is 0 Å². The van der Waals surface area contributed by atoms with Gasteiger partial charge in [0, 0.05) is 18.6 Å². The predicted octanol–water partition coefficient (Wildman–Crippen LogP) is 0.348. The second-order valence-corrected chi connectivity index (χ2v) is 4.17. The Bertz CT molecular complexity index is 807. The molecule has 0 saturated heterocycles. The Morgan fingerprint density at radius 1 is 1.35 bits per heavy atom. The van der Waals surface area contributed by atoms with Gasteiger partial charge in [-0.25, -0.2) is 9.97 Å². The topological polar surface area (TPSA) is 92.2 Å². The molecule has 100 valence electrons. The summed E-state index contributed by atoms with van der Waals surface area (Å²) in [6.45, 7) is 0.274. The first kappa shape index (κ1) is 12.1. The quantitative estimate of drug-likeness (QED) is 0.717. The van der Waals surface area contributed by atoms with Crippen LogP contribution in [0.4, 0.5) is 0 Å². The van der Waals surface area contributed by atoms with E-state index < -0.39 is 11.5 Å². The maximum absolute atomic E-state index is 12.2. The van der Waals surface area contributed by atoms with Crippen molar-refractivity contribution >= 4 is 11.6 Å². The number of fused-ring (bicyclic) bond motifs is 1. The molecule has 0 atom stereocenters. The van der Waals surface area contributed by atoms with Crippen molar-refractivity contribution in [3.8, 4) is 0 Å². The summed E-state index contributed by atoms with van der Waals surface area (Å²) < 4.78 is 1.34. The standard InChI is InChI=1S/C13H11N5O2/c19-12(16-6-9-5-14-8-17-9)10-7-15-11-3-1-2-4-18(11)13(10)20/h1-5,7-8H,6H2,(H,14,17)(H,16,19). The highest BCUT2D eigenvalue weighted by atomic mass is 16.2. The third kappa shape index (κ3) is 2.16. The summed E-state index contributed by atoms with van der Waals surface area (Å²) in [5.74, 6) is -0.463. The Morgan fingerprint density at radius 2 is 2.25 bits per heavy atom. The molecule has 20 heavy (non-hydrogen) atoms. The third-order valence-corrected chi connectivity index (χ3v) is 2.85. The number of nitrogens with one attached hydrogen (secondary N) is 2. The van der Waals surface area contributed by atoms with Crippen molar-refractivity contribution in [2.75, 3.05) is 0 Å². The van der Waals surface area contributed by atoms with Crippen LogP contribution < -0.4 is 10.9 Å². The van der Waals surface area contributed by atoms with Crippen molar-refractivity contribution in [2.24, 2.45) is 0 Å². The largest absolute Gasteiger partial charge is 0.347 e. The Balaban J connectivity index is 1.88. The van der Waals surface area contributed by atoms with Crippen molar-refractivity contribution < 1.29 is 4.79 Å². The molecule has 3 aromatic heterocycles. The zero-order chi connectivity index (χ0) is 13.9. The van der Waals surface area contributed by atoms with Gasteiger partial charge < -0.3 is 10.3 Å². The first-order valence-corrected chi connectivity index (χ1v) is 5.97. The molecule has 0 unspecified atom stereocenters. The van der Waals surface area contributed by atoms with Crippen molar-refractivity contribution in [1.82, 2.24) is 24.7 Å². The number of carbonyl (C=O) groups is 1. The Kier molecular flexibility index (Phi) is 3.00. The van der Waals surface area contributed by atoms with Gasteiger partial charge in [-0.05, 0) is 12.1 Å². The fourth-order valence-electron chi connectivity index (χ4n) is 1.83. The van der Waals surface area contributed by atoms with Crippen LogP contribution in [-0.4, -0.2) is 25.3 Å². The van der Waals surface area contributed by atoms with Gasteiger partial charge in [-0.2, -0.15) is 0 Å². The molecule has 3 aromatic rings. The van der Waals surface area contributed by atoms with E-state index in [1.54, 1.807) is 30.6 Å². The van der Waals surface area contributed by atoms with E-state index in [0.29, 0.717) is 5.65 Å². The second-order valence-electron chi connectivity index (χ2n) is 4.17. The van der Waals surface area contributed by atoms with E-state index in [-0.39, 0.29) is 12.1 Å². The number of imidazole rings is 1. The molecule has 0 aliphatic rings. The summed E-state index contributed by atoms with van der Waals surface area (Å²) in [6.07, 6.45) is 6.00. The summed E-state index contributed by atoms with van der Waals surface area (Å²) in [7, 11) is 0. The van der Waals surface area contributed by atoms with Gasteiger partial charge in [0.1, 0.15) is 11.2 Å². The average molecular weight is 269 g/mol. The Hall–Kier alpha value is -2.96. The highest BCUT2D eigenvalue weighted by Crippen LogP contribution is 1.98. The van der Waals surface area contributed by atoms with Crippen molar-refractivity contribution in [3.63, 3.8) is 0 Å². The number of carbonyl (C=O) groups excluding carboxylic acids is 1. The SMILES string of the molecule is O=C(NCc1cnc[nH]1)c1cnc2ccccn2c1=O. The molecule has 3 heterocycles. The number of hydrogen-bond donors (Lipinski definition) is 2. The molecule has 0 spiro atoms. The number of pyridine rings is 1. The molecule has 0 radical (unpaired) electrons. The normalized spacial score (nSPS) is 10.6. The van der Waals surface area contributed by atoms with Crippen LogP contribution in [0.25, 0.3) is 5.65 Å². The van der Waals surface area contributed by atoms with Gasteiger partial charge in [0.05, 0.1) is 18.6 Å². The first-order valence-electron chi connectivity index (χ1n) is 5.97. The van der Waals surface area contributed by atoms with Crippen LogP contribution in [0.5, 0.6) is 0 Å². The zero-order valence-corrected chi connectivity index (χ0v) is 10.4. The van der Waals surface area contributed by atoms with Crippen LogP contribution in [0.15, 0.2) is 47.9 Å². The number of rotatable bonds is 3. The van der Waals surface area contributed by atoms with E-state index in [1.165, 1.54) is 16.9 Å². The highest BCUT2D eigenvalue weighted by Gasteiger charge is 2.12. The Labute approximate surface area is 113 Å². The summed E-state index contributed by atoms with van der Waals surface area (Å²) in [4.78, 5) is 35.0. The fraction of sp³-hybridized carbons (Fsp3) is 0.0769. The van der Waals surface area contributed by atoms with Crippen LogP contribution in [0.2, 0.25) is 0 Å². The zero-order valence-electron chi connectivity index (χ0n) is 10.4. The minimum Gasteiger partial charge on any atom is -0.347 e. The van der Waals surface area contributed by atoms with E-state index in [2.05, 4.69) is 20.3 Å². The lowest BCUT2D eigenvalue weighted by molar-refractivity contribution is 0.0948. The van der Waals surface area contributed by atoms with Gasteiger partial charge in [-0.1, -0.05) is 6.07 Å². The molecule has 2 N–H and O–H groups in total. The number of aromatic nitrogens is 4. The van der Waals surface area contributed by atoms with Gasteiger partial charge in [-0.15, -0.1) is 0 Å². The Morgan fingerprint density at radius 3 is 3.05 bits per heavy atom. The van der Waals surface area contributed by atoms with E-state index >= 15 is 0 Å². The molecule has 0 aliphatic heterocycles. The van der Waals surface area contributed by atoms with Crippen LogP contribution in [0.1, 0.15) is 16.1 Å². The molecule has 0 aromatic carbocycles. The molecule has 7 heteroatoms. The summed E-state index contributed by atoms with van der Waals surface area (Å²) >= 11 is 0. The number of H-pyrrole nitrogens is 1. The smallest absolute Gasteiger partial charge is 0.270 e. The van der Waals surface area contributed by atoms with Gasteiger partial charge in [0.15, 0.2) is 0 Å². The lowest BCUT2D eigenvalue weighted by Crippen LogP contribution is -2.31. The van der Waals surface area contributed by atoms with E-state index in [4.69, 9.17) is 0 Å². The molecule has 0 saturated carbocycles. The lowest BCUT2D eigenvalue weighted by Gasteiger charge is -2.04. The van der Waals surface area contributed by atoms with Gasteiger partial charge in [0.25, 0.3) is 11.5 Å². The van der Waals surface area contributed by atoms with Gasteiger partial charge in [-0.3, -0.25) is 14.0 Å². The maximum Gasteiger partial charge on any atom is 0.270 e. The summed E-state index contributed by atoms with van der Waals surface area (Å²) in [6, 6.07) is 5.19. The monoisotopic (exact) mass is 269 g/mol. The first-order chi connectivity index (χ1) is 9.75. The van der Waals surface area contributed by atoms with Crippen LogP contribution in [0.3, 0.4) is 0 Å². The van der Waals surface area contributed by atoms with Crippen molar-refractivity contribution in [3.05, 3.63) is 64.7 Å². The van der Waals surface area contributed by atoms with E-state index in [1.807, 2.05) is 0 Å². The number of aromatic amines is 1. The minimum absolute atomic E-state index is 0.00761. The van der Waals surface area contributed by atoms with E-state index in [9.17, 15) is 9.59 Å². The lowest BCUT2D eigenvalue weighted by atomic mass is 10.3. The molecule has 0 bridgehead atoms. The minimum atomic E-state index is -0.463. The van der Waals surface area contributed by atoms with E-state index in [0.717, 1.165) is 5.69 Å². The molecule has 7 nitrogen and oxygen atoms in total. The van der Waals surface area contributed by atoms with Gasteiger partial charge >= 0.3 is 0 Å².